The average Bonchev–Trinajstić information content (AvgIpc) is 2.95. The molecule has 9 heteroatoms. The van der Waals surface area contributed by atoms with Gasteiger partial charge in [-0.1, -0.05) is 26.0 Å². The van der Waals surface area contributed by atoms with Crippen LogP contribution in [0.15, 0.2) is 24.3 Å². The van der Waals surface area contributed by atoms with Crippen LogP contribution in [0, 0.1) is 23.7 Å². The highest BCUT2D eigenvalue weighted by molar-refractivity contribution is 5.27. The Morgan fingerprint density at radius 2 is 1.81 bits per heavy atom. The minimum absolute atomic E-state index is 0.142. The number of halogens is 3. The van der Waals surface area contributed by atoms with Gasteiger partial charge in [0.05, 0.1) is 0 Å². The fourth-order valence-electron chi connectivity index (χ4n) is 6.17. The van der Waals surface area contributed by atoms with Crippen molar-refractivity contribution in [3.8, 4) is 5.75 Å². The van der Waals surface area contributed by atoms with E-state index in [2.05, 4.69) is 23.9 Å². The Balaban J connectivity index is 1.31. The van der Waals surface area contributed by atoms with E-state index >= 15 is 0 Å². The number of ether oxygens (including phenoxy) is 3. The third-order valence-corrected chi connectivity index (χ3v) is 7.82. The van der Waals surface area contributed by atoms with Crippen molar-refractivity contribution in [2.45, 2.75) is 83.3 Å². The lowest BCUT2D eigenvalue weighted by Crippen LogP contribution is -2.71. The van der Waals surface area contributed by atoms with Crippen molar-refractivity contribution >= 4 is 0 Å². The van der Waals surface area contributed by atoms with E-state index in [1.54, 1.807) is 12.1 Å². The number of hydrogen-bond acceptors (Lipinski definition) is 6. The molecule has 4 aliphatic heterocycles. The van der Waals surface area contributed by atoms with Crippen molar-refractivity contribution in [1.82, 2.24) is 5.32 Å². The number of hydrogen-bond donors (Lipinski definition) is 1. The topological polar surface area (TPSA) is 58.2 Å². The predicted molar refractivity (Wildman–Crippen MR) is 107 cm³/mol. The minimum Gasteiger partial charge on any atom is -0.406 e. The summed E-state index contributed by atoms with van der Waals surface area (Å²) in [6, 6.07) is 5.86. The van der Waals surface area contributed by atoms with Gasteiger partial charge in [-0.25, -0.2) is 9.78 Å². The highest BCUT2D eigenvalue weighted by atomic mass is 19.4. The Morgan fingerprint density at radius 1 is 1.06 bits per heavy atom. The summed E-state index contributed by atoms with van der Waals surface area (Å²) < 4.78 is 53.9. The van der Waals surface area contributed by atoms with Crippen molar-refractivity contribution in [2.75, 3.05) is 0 Å². The van der Waals surface area contributed by atoms with Crippen LogP contribution in [0.3, 0.4) is 0 Å². The zero-order valence-corrected chi connectivity index (χ0v) is 18.5. The first kappa shape index (κ1) is 22.4. The molecule has 0 aromatic heterocycles. The maximum absolute atomic E-state index is 12.4. The summed E-state index contributed by atoms with van der Waals surface area (Å²) in [4.78, 5) is 12.0. The molecule has 1 N–H and O–H groups in total. The zero-order chi connectivity index (χ0) is 22.7. The Morgan fingerprint density at radius 3 is 2.53 bits per heavy atom. The lowest BCUT2D eigenvalue weighted by Gasteiger charge is -2.60. The molecule has 4 saturated heterocycles. The molecule has 1 saturated carbocycles. The van der Waals surface area contributed by atoms with Crippen molar-refractivity contribution in [1.29, 1.82) is 0 Å². The number of rotatable bonds is 4. The SMILES string of the molecule is C[C@H]1[C@H](NCc2ccc(OC(F)(F)F)cc2)O[C@@H]2O[C@@]3(C)CC[C@H]4[C@H](C)CC[C@@H]1[C@@]24OO3. The molecular weight excluding hydrogens is 427 g/mol. The molecule has 6 rings (SSSR count). The standard InChI is InChI=1S/C23H30F3NO5/c1-13-4-9-18-14(2)19(27-12-15-5-7-16(8-6-15)29-23(24,25)26)28-20-22(18)17(13)10-11-21(3,30-20)31-32-22/h5-8,13-14,17-20,27H,4,9-12H2,1-3H3/t13-,14-,17+,18+,19-,20-,21-,22-/m1/s1. The van der Waals surface area contributed by atoms with Gasteiger partial charge in [-0.05, 0) is 55.7 Å². The number of nitrogens with one attached hydrogen (secondary N) is 1. The van der Waals surface area contributed by atoms with Crippen molar-refractivity contribution < 1.29 is 37.2 Å². The first-order chi connectivity index (χ1) is 15.1. The molecule has 2 bridgehead atoms. The Bertz CT molecular complexity index is 836. The monoisotopic (exact) mass is 457 g/mol. The van der Waals surface area contributed by atoms with E-state index in [-0.39, 0.29) is 23.8 Å². The molecule has 1 aromatic carbocycles. The van der Waals surface area contributed by atoms with Gasteiger partial charge in [0.2, 0.25) is 5.79 Å². The Labute approximate surface area is 185 Å². The number of fused-ring (bicyclic) bond motifs is 2. The molecule has 178 valence electrons. The smallest absolute Gasteiger partial charge is 0.406 e. The van der Waals surface area contributed by atoms with Gasteiger partial charge in [-0.3, -0.25) is 5.32 Å². The first-order valence-electron chi connectivity index (χ1n) is 11.4. The normalized spacial score (nSPS) is 43.4. The summed E-state index contributed by atoms with van der Waals surface area (Å²) in [5, 5.41) is 3.43. The minimum atomic E-state index is -4.70. The Kier molecular flexibility index (Phi) is 5.49. The van der Waals surface area contributed by atoms with Crippen LogP contribution in [-0.4, -0.2) is 30.3 Å². The molecular formula is C23H30F3NO5. The second-order valence-electron chi connectivity index (χ2n) is 9.90. The van der Waals surface area contributed by atoms with Crippen LogP contribution in [0.25, 0.3) is 0 Å². The van der Waals surface area contributed by atoms with Gasteiger partial charge in [0, 0.05) is 24.8 Å². The summed E-state index contributed by atoms with van der Waals surface area (Å²) in [7, 11) is 0. The molecule has 32 heavy (non-hydrogen) atoms. The van der Waals surface area contributed by atoms with Crippen LogP contribution in [0.2, 0.25) is 0 Å². The van der Waals surface area contributed by atoms with E-state index in [0.29, 0.717) is 18.4 Å². The average molecular weight is 457 g/mol. The molecule has 1 spiro atoms. The van der Waals surface area contributed by atoms with Crippen LogP contribution in [-0.2, 0) is 25.8 Å². The second-order valence-corrected chi connectivity index (χ2v) is 9.90. The number of benzene rings is 1. The van der Waals surface area contributed by atoms with E-state index in [1.807, 2.05) is 6.92 Å². The molecule has 1 aromatic rings. The summed E-state index contributed by atoms with van der Waals surface area (Å²) in [5.74, 6) is 0.103. The van der Waals surface area contributed by atoms with Crippen molar-refractivity contribution in [3.63, 3.8) is 0 Å². The first-order valence-corrected chi connectivity index (χ1v) is 11.4. The molecule has 5 aliphatic rings. The summed E-state index contributed by atoms with van der Waals surface area (Å²) in [5.41, 5.74) is 0.225. The largest absolute Gasteiger partial charge is 0.573 e. The molecule has 8 atom stereocenters. The van der Waals surface area contributed by atoms with Crippen LogP contribution in [0.5, 0.6) is 5.75 Å². The predicted octanol–water partition coefficient (Wildman–Crippen LogP) is 4.88. The van der Waals surface area contributed by atoms with Crippen molar-refractivity contribution in [2.24, 2.45) is 23.7 Å². The van der Waals surface area contributed by atoms with Crippen LogP contribution < -0.4 is 10.1 Å². The fraction of sp³-hybridized carbons (Fsp3) is 0.739. The maximum atomic E-state index is 12.4. The Hall–Kier alpha value is -1.39. The van der Waals surface area contributed by atoms with E-state index in [0.717, 1.165) is 31.2 Å². The lowest BCUT2D eigenvalue weighted by molar-refractivity contribution is -0.571. The fourth-order valence-corrected chi connectivity index (χ4v) is 6.17. The van der Waals surface area contributed by atoms with Crippen LogP contribution in [0.1, 0.15) is 52.0 Å². The van der Waals surface area contributed by atoms with Crippen molar-refractivity contribution in [3.05, 3.63) is 29.8 Å². The van der Waals surface area contributed by atoms with E-state index in [9.17, 15) is 13.2 Å². The quantitative estimate of drug-likeness (QED) is 0.651. The third kappa shape index (κ3) is 3.81. The highest BCUT2D eigenvalue weighted by Crippen LogP contribution is 2.60. The number of alkyl halides is 3. The van der Waals surface area contributed by atoms with Gasteiger partial charge in [0.25, 0.3) is 0 Å². The lowest BCUT2D eigenvalue weighted by atomic mass is 9.58. The van der Waals surface area contributed by atoms with E-state index in [4.69, 9.17) is 19.2 Å². The highest BCUT2D eigenvalue weighted by Gasteiger charge is 2.69. The molecule has 0 radical (unpaired) electrons. The zero-order valence-electron chi connectivity index (χ0n) is 18.5. The van der Waals surface area contributed by atoms with Gasteiger partial charge in [-0.2, -0.15) is 0 Å². The van der Waals surface area contributed by atoms with E-state index < -0.39 is 24.0 Å². The van der Waals surface area contributed by atoms with Gasteiger partial charge < -0.3 is 14.2 Å². The van der Waals surface area contributed by atoms with Crippen LogP contribution in [0.4, 0.5) is 13.2 Å². The van der Waals surface area contributed by atoms with Gasteiger partial charge in [0.1, 0.15) is 12.0 Å². The summed E-state index contributed by atoms with van der Waals surface area (Å²) in [6.45, 7) is 6.77. The molecule has 0 unspecified atom stereocenters. The third-order valence-electron chi connectivity index (χ3n) is 7.82. The molecule has 1 aliphatic carbocycles. The summed E-state index contributed by atoms with van der Waals surface area (Å²) >= 11 is 0. The molecule has 6 nitrogen and oxygen atoms in total. The van der Waals surface area contributed by atoms with Crippen LogP contribution >= 0.6 is 0 Å². The second kappa shape index (κ2) is 7.84. The maximum Gasteiger partial charge on any atom is 0.573 e. The summed E-state index contributed by atoms with van der Waals surface area (Å²) in [6.07, 6.45) is -1.64. The molecule has 0 amide bonds. The van der Waals surface area contributed by atoms with E-state index in [1.165, 1.54) is 12.1 Å². The molecule has 5 fully saturated rings. The molecule has 4 heterocycles. The van der Waals surface area contributed by atoms with Gasteiger partial charge in [-0.15, -0.1) is 13.2 Å². The van der Waals surface area contributed by atoms with Gasteiger partial charge in [0.15, 0.2) is 11.9 Å². The van der Waals surface area contributed by atoms with Gasteiger partial charge >= 0.3 is 6.36 Å².